The van der Waals surface area contributed by atoms with Gasteiger partial charge < -0.3 is 9.47 Å². The number of carbonyl (C=O) groups is 1. The molecule has 0 N–H and O–H groups in total. The molecule has 2 heterocycles. The molecule has 0 radical (unpaired) electrons. The van der Waals surface area contributed by atoms with Crippen molar-refractivity contribution in [1.29, 1.82) is 0 Å². The summed E-state index contributed by atoms with van der Waals surface area (Å²) in [6.45, 7) is 3.26. The molecule has 0 bridgehead atoms. The lowest BCUT2D eigenvalue weighted by Crippen LogP contribution is -2.33. The lowest BCUT2D eigenvalue weighted by atomic mass is 10.1. The van der Waals surface area contributed by atoms with Crippen LogP contribution in [0.15, 0.2) is 83.5 Å². The molecule has 8 heteroatoms. The highest BCUT2D eigenvalue weighted by Crippen LogP contribution is 2.31. The molecule has 1 fully saturated rings. The highest BCUT2D eigenvalue weighted by Gasteiger charge is 2.30. The van der Waals surface area contributed by atoms with Crippen molar-refractivity contribution in [2.24, 2.45) is 5.92 Å². The first kappa shape index (κ1) is 24.5. The molecule has 0 unspecified atom stereocenters. The summed E-state index contributed by atoms with van der Waals surface area (Å²) < 4.78 is 29.0. The molecule has 2 aromatic carbocycles. The van der Waals surface area contributed by atoms with Crippen LogP contribution < -0.4 is 0 Å². The summed E-state index contributed by atoms with van der Waals surface area (Å²) in [5.74, 6) is 0.363. The summed E-state index contributed by atoms with van der Waals surface area (Å²) >= 11 is 1.43. The van der Waals surface area contributed by atoms with Gasteiger partial charge in [-0.1, -0.05) is 60.7 Å². The number of nitrogens with zero attached hydrogens (tertiary/aromatic N) is 3. The molecular weight excluding hydrogens is 490 g/mol. The Morgan fingerprint density at radius 3 is 2.50 bits per heavy atom. The number of thiophene rings is 1. The fourth-order valence-corrected chi connectivity index (χ4v) is 6.61. The second-order valence-corrected chi connectivity index (χ2v) is 12.2. The van der Waals surface area contributed by atoms with E-state index >= 15 is 0 Å². The summed E-state index contributed by atoms with van der Waals surface area (Å²) in [4.78, 5) is 20.3. The van der Waals surface area contributed by atoms with Crippen LogP contribution in [0.5, 0.6) is 0 Å². The number of sulfone groups is 1. The summed E-state index contributed by atoms with van der Waals surface area (Å²) in [6.07, 6.45) is 3.86. The van der Waals surface area contributed by atoms with Crippen LogP contribution in [0.25, 0.3) is 0 Å². The minimum absolute atomic E-state index is 0.0197. The minimum atomic E-state index is -3.73. The van der Waals surface area contributed by atoms with Gasteiger partial charge >= 0.3 is 0 Å². The Morgan fingerprint density at radius 2 is 1.81 bits per heavy atom. The first-order valence-electron chi connectivity index (χ1n) is 12.1. The van der Waals surface area contributed by atoms with Crippen LogP contribution in [0, 0.1) is 12.8 Å². The topological polar surface area (TPSA) is 72.3 Å². The van der Waals surface area contributed by atoms with E-state index in [-0.39, 0.29) is 16.8 Å². The smallest absolute Gasteiger partial charge is 0.264 e. The van der Waals surface area contributed by atoms with Crippen molar-refractivity contribution in [3.05, 3.63) is 106 Å². The largest absolute Gasteiger partial charge is 0.332 e. The minimum Gasteiger partial charge on any atom is -0.332 e. The first-order valence-corrected chi connectivity index (χ1v) is 14.6. The zero-order valence-electron chi connectivity index (χ0n) is 20.2. The average Bonchev–Trinajstić information content (AvgIpc) is 3.34. The lowest BCUT2D eigenvalue weighted by Gasteiger charge is -2.23. The molecule has 4 aromatic rings. The van der Waals surface area contributed by atoms with Gasteiger partial charge in [0, 0.05) is 6.54 Å². The van der Waals surface area contributed by atoms with Crippen molar-refractivity contribution in [2.45, 2.75) is 43.8 Å². The predicted molar refractivity (Wildman–Crippen MR) is 142 cm³/mol. The Kier molecular flexibility index (Phi) is 7.07. The van der Waals surface area contributed by atoms with Crippen LogP contribution in [0.4, 0.5) is 0 Å². The van der Waals surface area contributed by atoms with E-state index in [1.165, 1.54) is 11.3 Å². The van der Waals surface area contributed by atoms with Crippen LogP contribution in [0.2, 0.25) is 0 Å². The summed E-state index contributed by atoms with van der Waals surface area (Å²) in [5.41, 5.74) is 3.38. The number of amides is 1. The molecule has 0 atom stereocenters. The maximum atomic E-state index is 13.6. The molecule has 1 amide bonds. The highest BCUT2D eigenvalue weighted by atomic mass is 32.2. The van der Waals surface area contributed by atoms with Crippen molar-refractivity contribution in [1.82, 2.24) is 14.5 Å². The Labute approximate surface area is 216 Å². The summed E-state index contributed by atoms with van der Waals surface area (Å²) in [6, 6.07) is 21.0. The van der Waals surface area contributed by atoms with Gasteiger partial charge in [-0.3, -0.25) is 4.79 Å². The summed E-state index contributed by atoms with van der Waals surface area (Å²) in [7, 11) is -3.73. The normalized spacial score (nSPS) is 13.6. The lowest BCUT2D eigenvalue weighted by molar-refractivity contribution is 0.0735. The van der Waals surface area contributed by atoms with Crippen LogP contribution >= 0.6 is 11.3 Å². The van der Waals surface area contributed by atoms with Gasteiger partial charge in [0.1, 0.15) is 0 Å². The second kappa shape index (κ2) is 10.4. The molecule has 0 saturated heterocycles. The standard InChI is InChI=1S/C28H29N3O3S2/c1-21-8-5-6-11-24(21)20-36(33,34)28-29-16-25(31(28)18-22-9-3-2-4-10-22)19-30(17-23-13-14-23)27(32)26-12-7-15-35-26/h2-12,15-16,23H,13-14,17-20H2,1H3. The zero-order chi connectivity index (χ0) is 25.1. The van der Waals surface area contributed by atoms with Crippen molar-refractivity contribution < 1.29 is 13.2 Å². The Balaban J connectivity index is 1.50. The van der Waals surface area contributed by atoms with Gasteiger partial charge in [-0.05, 0) is 53.8 Å². The van der Waals surface area contributed by atoms with Crippen molar-refractivity contribution in [3.8, 4) is 0 Å². The van der Waals surface area contributed by atoms with E-state index in [4.69, 9.17) is 0 Å². The number of aryl methyl sites for hydroxylation is 1. The molecule has 36 heavy (non-hydrogen) atoms. The molecule has 1 aliphatic carbocycles. The van der Waals surface area contributed by atoms with Crippen molar-refractivity contribution in [3.63, 3.8) is 0 Å². The van der Waals surface area contributed by atoms with Crippen LogP contribution in [0.3, 0.4) is 0 Å². The number of hydrogen-bond donors (Lipinski definition) is 0. The molecule has 0 spiro atoms. The van der Waals surface area contributed by atoms with Crippen molar-refractivity contribution in [2.75, 3.05) is 6.54 Å². The van der Waals surface area contributed by atoms with E-state index < -0.39 is 9.84 Å². The molecule has 6 nitrogen and oxygen atoms in total. The van der Waals surface area contributed by atoms with Gasteiger partial charge in [-0.2, -0.15) is 0 Å². The van der Waals surface area contributed by atoms with E-state index in [1.54, 1.807) is 10.8 Å². The Morgan fingerprint density at radius 1 is 1.06 bits per heavy atom. The van der Waals surface area contributed by atoms with Crippen LogP contribution in [-0.2, 0) is 28.7 Å². The molecular formula is C28H29N3O3S2. The maximum Gasteiger partial charge on any atom is 0.264 e. The third-order valence-corrected chi connectivity index (χ3v) is 8.95. The van der Waals surface area contributed by atoms with E-state index in [2.05, 4.69) is 4.98 Å². The van der Waals surface area contributed by atoms with Crippen LogP contribution in [0.1, 0.15) is 44.9 Å². The fraction of sp³-hybridized carbons (Fsp3) is 0.286. The van der Waals surface area contributed by atoms with Crippen LogP contribution in [-0.4, -0.2) is 35.3 Å². The summed E-state index contributed by atoms with van der Waals surface area (Å²) in [5, 5.41) is 1.94. The fourth-order valence-electron chi connectivity index (χ4n) is 4.33. The van der Waals surface area contributed by atoms with Gasteiger partial charge in [0.15, 0.2) is 0 Å². The first-order chi connectivity index (χ1) is 17.4. The number of carbonyl (C=O) groups excluding carboxylic acids is 1. The monoisotopic (exact) mass is 519 g/mol. The SMILES string of the molecule is Cc1ccccc1CS(=O)(=O)c1ncc(CN(CC2CC2)C(=O)c2cccs2)n1Cc1ccccc1. The number of hydrogen-bond acceptors (Lipinski definition) is 5. The molecule has 1 saturated carbocycles. The molecule has 2 aromatic heterocycles. The number of aromatic nitrogens is 2. The third-order valence-electron chi connectivity index (χ3n) is 6.52. The average molecular weight is 520 g/mol. The van der Waals surface area contributed by atoms with E-state index in [0.717, 1.165) is 29.5 Å². The van der Waals surface area contributed by atoms with E-state index in [9.17, 15) is 13.2 Å². The molecule has 1 aliphatic rings. The van der Waals surface area contributed by atoms with Gasteiger partial charge in [0.2, 0.25) is 15.0 Å². The Bertz CT molecular complexity index is 1440. The number of rotatable bonds is 10. The van der Waals surface area contributed by atoms with E-state index in [1.807, 2.05) is 83.9 Å². The third kappa shape index (κ3) is 5.60. The van der Waals surface area contributed by atoms with Gasteiger partial charge in [0.25, 0.3) is 5.91 Å². The Hall–Kier alpha value is -3.23. The highest BCUT2D eigenvalue weighted by molar-refractivity contribution is 7.90. The van der Waals surface area contributed by atoms with Gasteiger partial charge in [-0.25, -0.2) is 13.4 Å². The van der Waals surface area contributed by atoms with E-state index in [0.29, 0.717) is 36.1 Å². The number of benzene rings is 2. The van der Waals surface area contributed by atoms with Gasteiger partial charge in [-0.15, -0.1) is 11.3 Å². The van der Waals surface area contributed by atoms with Gasteiger partial charge in [0.05, 0.1) is 35.6 Å². The number of imidazole rings is 1. The maximum absolute atomic E-state index is 13.6. The second-order valence-electron chi connectivity index (χ2n) is 9.40. The molecule has 5 rings (SSSR count). The molecule has 186 valence electrons. The molecule has 0 aliphatic heterocycles. The quantitative estimate of drug-likeness (QED) is 0.284. The van der Waals surface area contributed by atoms with Crippen molar-refractivity contribution >= 4 is 27.1 Å². The predicted octanol–water partition coefficient (Wildman–Crippen LogP) is 5.33. The zero-order valence-corrected chi connectivity index (χ0v) is 21.8.